The molecule has 2 aromatic heterocycles. The number of nitrogens with zero attached hydrogens (tertiary/aromatic N) is 5. The van der Waals surface area contributed by atoms with Crippen LogP contribution in [0.2, 0.25) is 0 Å². The number of fused-ring (bicyclic) bond motifs is 1. The van der Waals surface area contributed by atoms with Crippen molar-refractivity contribution in [3.63, 3.8) is 0 Å². The lowest BCUT2D eigenvalue weighted by Gasteiger charge is -2.54. The Morgan fingerprint density at radius 1 is 1.18 bits per heavy atom. The van der Waals surface area contributed by atoms with Crippen molar-refractivity contribution in [3.05, 3.63) is 53.6 Å². The highest BCUT2D eigenvalue weighted by molar-refractivity contribution is 5.94. The topological polar surface area (TPSA) is 100 Å². The molecular formula is C23H24FN5O4. The number of amides is 2. The second-order valence-corrected chi connectivity index (χ2v) is 8.92. The van der Waals surface area contributed by atoms with E-state index in [1.54, 1.807) is 27.7 Å². The molecule has 3 aromatic rings. The first-order valence-corrected chi connectivity index (χ1v) is 10.8. The van der Waals surface area contributed by atoms with E-state index in [1.807, 2.05) is 19.9 Å². The van der Waals surface area contributed by atoms with Crippen molar-refractivity contribution in [2.45, 2.75) is 25.3 Å². The Balaban J connectivity index is 1.52. The highest BCUT2D eigenvalue weighted by Gasteiger charge is 2.51. The summed E-state index contributed by atoms with van der Waals surface area (Å²) >= 11 is 0. The van der Waals surface area contributed by atoms with Crippen molar-refractivity contribution in [2.75, 3.05) is 32.8 Å². The highest BCUT2D eigenvalue weighted by atomic mass is 19.1. The van der Waals surface area contributed by atoms with Crippen molar-refractivity contribution in [2.24, 2.45) is 0 Å². The highest BCUT2D eigenvalue weighted by Crippen LogP contribution is 2.32. The number of carboxylic acid groups (broad SMARTS) is 1. The molecule has 2 amide bonds. The maximum Gasteiger partial charge on any atom is 0.407 e. The molecule has 1 aromatic carbocycles. The Morgan fingerprint density at radius 3 is 2.52 bits per heavy atom. The van der Waals surface area contributed by atoms with Gasteiger partial charge in [-0.3, -0.25) is 4.79 Å². The molecule has 0 aliphatic carbocycles. The number of ether oxygens (including phenoxy) is 1. The third kappa shape index (κ3) is 3.60. The van der Waals surface area contributed by atoms with Crippen LogP contribution >= 0.6 is 0 Å². The Morgan fingerprint density at radius 2 is 1.91 bits per heavy atom. The summed E-state index contributed by atoms with van der Waals surface area (Å²) in [5, 5.41) is 14.0. The minimum atomic E-state index is -1.000. The van der Waals surface area contributed by atoms with Gasteiger partial charge in [0.15, 0.2) is 5.65 Å². The van der Waals surface area contributed by atoms with Gasteiger partial charge in [0.2, 0.25) is 0 Å². The second kappa shape index (κ2) is 7.80. The number of hydrogen-bond acceptors (Lipinski definition) is 5. The van der Waals surface area contributed by atoms with Crippen molar-refractivity contribution in [1.29, 1.82) is 0 Å². The molecule has 2 aliphatic rings. The molecular weight excluding hydrogens is 429 g/mol. The van der Waals surface area contributed by atoms with Crippen LogP contribution in [-0.2, 0) is 4.74 Å². The summed E-state index contributed by atoms with van der Waals surface area (Å²) in [4.78, 5) is 32.6. The predicted octanol–water partition coefficient (Wildman–Crippen LogP) is 2.86. The predicted molar refractivity (Wildman–Crippen MR) is 117 cm³/mol. The van der Waals surface area contributed by atoms with Gasteiger partial charge in [0.25, 0.3) is 5.91 Å². The van der Waals surface area contributed by atoms with Gasteiger partial charge in [0.05, 0.1) is 31.6 Å². The molecule has 1 N–H and O–H groups in total. The molecule has 0 bridgehead atoms. The zero-order chi connectivity index (χ0) is 23.3. The van der Waals surface area contributed by atoms with E-state index in [1.165, 1.54) is 17.0 Å². The fourth-order valence-electron chi connectivity index (χ4n) is 4.47. The Labute approximate surface area is 189 Å². The standard InChI is InChI=1S/C23H24FN5O4/c1-14(2)17-9-18(15-3-5-16(24)6-4-15)26-29-10-19(25-20(17)29)21(30)28-8-7-27(22(31)32)11-23(28)12-33-13-23/h3-6,9-10,14H,7-8,11-13H2,1-2H3,(H,31,32). The summed E-state index contributed by atoms with van der Waals surface area (Å²) in [5.74, 6) is -0.478. The maximum atomic E-state index is 13.5. The fraction of sp³-hybridized carbons (Fsp3) is 0.391. The number of carbonyl (C=O) groups is 2. The number of rotatable bonds is 3. The molecule has 2 fully saturated rings. The number of aromatic nitrogens is 3. The molecule has 2 saturated heterocycles. The van der Waals surface area contributed by atoms with E-state index in [2.05, 4.69) is 10.1 Å². The minimum Gasteiger partial charge on any atom is -0.465 e. The Hall–Kier alpha value is -3.53. The molecule has 4 heterocycles. The van der Waals surface area contributed by atoms with Crippen LogP contribution in [0.3, 0.4) is 0 Å². The van der Waals surface area contributed by atoms with E-state index in [0.29, 0.717) is 24.6 Å². The van der Waals surface area contributed by atoms with Gasteiger partial charge in [-0.2, -0.15) is 5.10 Å². The fourth-order valence-corrected chi connectivity index (χ4v) is 4.47. The van der Waals surface area contributed by atoms with Crippen LogP contribution in [0.4, 0.5) is 9.18 Å². The monoisotopic (exact) mass is 453 g/mol. The minimum absolute atomic E-state index is 0.116. The van der Waals surface area contributed by atoms with Gasteiger partial charge >= 0.3 is 6.09 Å². The number of piperazine rings is 1. The summed E-state index contributed by atoms with van der Waals surface area (Å²) in [6.45, 7) is 5.37. The Bertz CT molecular complexity index is 1240. The quantitative estimate of drug-likeness (QED) is 0.655. The van der Waals surface area contributed by atoms with Gasteiger partial charge in [0.1, 0.15) is 17.1 Å². The van der Waals surface area contributed by atoms with Crippen molar-refractivity contribution >= 4 is 17.6 Å². The third-order valence-corrected chi connectivity index (χ3v) is 6.34. The molecule has 0 unspecified atom stereocenters. The first-order valence-electron chi connectivity index (χ1n) is 10.8. The number of carbonyl (C=O) groups excluding carboxylic acids is 1. The van der Waals surface area contributed by atoms with Crippen LogP contribution in [0.1, 0.15) is 35.8 Å². The normalized spacial score (nSPS) is 17.6. The van der Waals surface area contributed by atoms with E-state index in [4.69, 9.17) is 4.74 Å². The van der Waals surface area contributed by atoms with E-state index >= 15 is 0 Å². The van der Waals surface area contributed by atoms with Gasteiger partial charge in [-0.1, -0.05) is 13.8 Å². The Kier molecular flexibility index (Phi) is 5.04. The van der Waals surface area contributed by atoms with E-state index in [-0.39, 0.29) is 43.0 Å². The van der Waals surface area contributed by atoms with Crippen LogP contribution in [0.15, 0.2) is 36.5 Å². The summed E-state index contributed by atoms with van der Waals surface area (Å²) in [6.07, 6.45) is 0.605. The van der Waals surface area contributed by atoms with Crippen LogP contribution in [0.25, 0.3) is 16.9 Å². The van der Waals surface area contributed by atoms with Gasteiger partial charge in [-0.15, -0.1) is 0 Å². The average molecular weight is 453 g/mol. The molecule has 10 heteroatoms. The second-order valence-electron chi connectivity index (χ2n) is 8.92. The van der Waals surface area contributed by atoms with Crippen molar-refractivity contribution in [1.82, 2.24) is 24.4 Å². The molecule has 1 spiro atoms. The van der Waals surface area contributed by atoms with Crippen molar-refractivity contribution in [3.8, 4) is 11.3 Å². The van der Waals surface area contributed by atoms with Crippen LogP contribution in [0, 0.1) is 5.82 Å². The molecule has 5 rings (SSSR count). The third-order valence-electron chi connectivity index (χ3n) is 6.34. The average Bonchev–Trinajstić information content (AvgIpc) is 3.21. The van der Waals surface area contributed by atoms with Gasteiger partial charge < -0.3 is 19.6 Å². The summed E-state index contributed by atoms with van der Waals surface area (Å²) in [6, 6.07) is 8.02. The van der Waals surface area contributed by atoms with Crippen LogP contribution < -0.4 is 0 Å². The zero-order valence-electron chi connectivity index (χ0n) is 18.4. The molecule has 0 saturated carbocycles. The summed E-state index contributed by atoms with van der Waals surface area (Å²) < 4.78 is 20.3. The first-order chi connectivity index (χ1) is 15.8. The lowest BCUT2D eigenvalue weighted by Crippen LogP contribution is -2.73. The molecule has 172 valence electrons. The number of hydrogen-bond donors (Lipinski definition) is 1. The van der Waals surface area contributed by atoms with E-state index < -0.39 is 11.6 Å². The van der Waals surface area contributed by atoms with Crippen LogP contribution in [0.5, 0.6) is 0 Å². The molecule has 0 radical (unpaired) electrons. The number of benzene rings is 1. The molecule has 0 atom stereocenters. The number of halogens is 1. The van der Waals surface area contributed by atoms with Crippen molar-refractivity contribution < 1.29 is 23.8 Å². The largest absolute Gasteiger partial charge is 0.465 e. The van der Waals surface area contributed by atoms with Crippen LogP contribution in [-0.4, -0.2) is 79.9 Å². The summed E-state index contributed by atoms with van der Waals surface area (Å²) in [5.41, 5.74) is 2.49. The van der Waals surface area contributed by atoms with Gasteiger partial charge in [0, 0.05) is 24.2 Å². The lowest BCUT2D eigenvalue weighted by molar-refractivity contribution is -0.149. The van der Waals surface area contributed by atoms with Gasteiger partial charge in [-0.05, 0) is 36.2 Å². The van der Waals surface area contributed by atoms with E-state index in [0.717, 1.165) is 11.1 Å². The zero-order valence-corrected chi connectivity index (χ0v) is 18.4. The SMILES string of the molecule is CC(C)c1cc(-c2ccc(F)cc2)nn2cc(C(=O)N3CCN(C(=O)O)CC34COC4)nc12. The lowest BCUT2D eigenvalue weighted by atomic mass is 9.91. The summed E-state index contributed by atoms with van der Waals surface area (Å²) in [7, 11) is 0. The maximum absolute atomic E-state index is 13.5. The first kappa shape index (κ1) is 21.3. The van der Waals surface area contributed by atoms with E-state index in [9.17, 15) is 19.1 Å². The van der Waals surface area contributed by atoms with Gasteiger partial charge in [-0.25, -0.2) is 18.7 Å². The molecule has 2 aliphatic heterocycles. The molecule has 9 nitrogen and oxygen atoms in total. The smallest absolute Gasteiger partial charge is 0.407 e. The molecule has 33 heavy (non-hydrogen) atoms. The number of imidazole rings is 1.